The first-order valence-electron chi connectivity index (χ1n) is 4.94. The molecule has 82 valence electrons. The topological polar surface area (TPSA) is 72.5 Å². The molecule has 0 saturated heterocycles. The number of hydrogen-bond acceptors (Lipinski definition) is 3. The molecule has 0 aliphatic carbocycles. The van der Waals surface area contributed by atoms with Gasteiger partial charge >= 0.3 is 5.97 Å². The van der Waals surface area contributed by atoms with Crippen molar-refractivity contribution >= 4 is 5.97 Å². The standard InChI is InChI=1S/C10H12FNO3/c1-15-9-5-6(2-3-7(9)11)4-8(12)10(13)14/h2-3,5,8H,4,12H2,1H3,(H,13,14)/t8-/m0/s1/i1D. The molecule has 0 saturated carbocycles. The van der Waals surface area contributed by atoms with Gasteiger partial charge in [-0.15, -0.1) is 0 Å². The monoisotopic (exact) mass is 214 g/mol. The zero-order valence-electron chi connectivity index (χ0n) is 8.94. The SMILES string of the molecule is [2H]COc1cc(C[C@H](N)C(=O)O)ccc1F. The van der Waals surface area contributed by atoms with Crippen molar-refractivity contribution in [3.63, 3.8) is 0 Å². The minimum Gasteiger partial charge on any atom is -0.494 e. The Morgan fingerprint density at radius 3 is 3.13 bits per heavy atom. The summed E-state index contributed by atoms with van der Waals surface area (Å²) in [5.41, 5.74) is 5.89. The minimum atomic E-state index is -1.12. The van der Waals surface area contributed by atoms with Crippen LogP contribution in [0.25, 0.3) is 0 Å². The highest BCUT2D eigenvalue weighted by Gasteiger charge is 2.13. The molecule has 1 atom stereocenters. The maximum atomic E-state index is 13.1. The normalized spacial score (nSPS) is 13.1. The van der Waals surface area contributed by atoms with Crippen molar-refractivity contribution in [1.82, 2.24) is 0 Å². The molecule has 0 aliphatic rings. The second kappa shape index (κ2) is 4.75. The molecule has 0 aliphatic heterocycles. The Morgan fingerprint density at radius 2 is 2.53 bits per heavy atom. The van der Waals surface area contributed by atoms with Crippen LogP contribution in [0.3, 0.4) is 0 Å². The zero-order valence-corrected chi connectivity index (χ0v) is 7.94. The fraction of sp³-hybridized carbons (Fsp3) is 0.300. The Morgan fingerprint density at radius 1 is 1.80 bits per heavy atom. The average Bonchev–Trinajstić information content (AvgIpc) is 2.23. The smallest absolute Gasteiger partial charge is 0.320 e. The third-order valence-electron chi connectivity index (χ3n) is 1.92. The first kappa shape index (κ1) is 9.92. The van der Waals surface area contributed by atoms with E-state index in [0.717, 1.165) is 6.07 Å². The van der Waals surface area contributed by atoms with Crippen molar-refractivity contribution in [2.24, 2.45) is 5.73 Å². The van der Waals surface area contributed by atoms with Crippen LogP contribution in [0.5, 0.6) is 5.75 Å². The van der Waals surface area contributed by atoms with E-state index in [1.165, 1.54) is 12.1 Å². The summed E-state index contributed by atoms with van der Waals surface area (Å²) in [6.45, 7) is 0. The molecule has 3 N–H and O–H groups in total. The number of rotatable bonds is 4. The molecule has 5 heteroatoms. The third kappa shape index (κ3) is 2.92. The maximum Gasteiger partial charge on any atom is 0.320 e. The summed E-state index contributed by atoms with van der Waals surface area (Å²) in [5.74, 6) is -1.77. The van der Waals surface area contributed by atoms with Gasteiger partial charge in [-0.25, -0.2) is 4.39 Å². The fourth-order valence-corrected chi connectivity index (χ4v) is 1.13. The van der Waals surface area contributed by atoms with Crippen LogP contribution < -0.4 is 10.5 Å². The number of nitrogens with two attached hydrogens (primary N) is 1. The zero-order chi connectivity index (χ0) is 12.1. The van der Waals surface area contributed by atoms with Gasteiger partial charge in [0.2, 0.25) is 0 Å². The number of carboxylic acids is 1. The van der Waals surface area contributed by atoms with E-state index in [1.54, 1.807) is 0 Å². The number of halogens is 1. The Kier molecular flexibility index (Phi) is 3.14. The lowest BCUT2D eigenvalue weighted by atomic mass is 10.1. The molecular formula is C10H12FNO3. The van der Waals surface area contributed by atoms with Crippen molar-refractivity contribution in [2.45, 2.75) is 12.5 Å². The molecule has 0 unspecified atom stereocenters. The molecule has 0 fully saturated rings. The molecule has 0 amide bonds. The van der Waals surface area contributed by atoms with Gasteiger partial charge in [-0.05, 0) is 24.1 Å². The van der Waals surface area contributed by atoms with Gasteiger partial charge in [0.15, 0.2) is 11.6 Å². The van der Waals surface area contributed by atoms with Crippen molar-refractivity contribution in [3.05, 3.63) is 29.6 Å². The summed E-state index contributed by atoms with van der Waals surface area (Å²) < 4.78 is 24.6. The van der Waals surface area contributed by atoms with Gasteiger partial charge in [-0.2, -0.15) is 0 Å². The first-order chi connectivity index (χ1) is 7.54. The van der Waals surface area contributed by atoms with Crippen LogP contribution in [0, 0.1) is 5.82 Å². The number of aliphatic carboxylic acids is 1. The fourth-order valence-electron chi connectivity index (χ4n) is 1.13. The molecule has 0 bridgehead atoms. The van der Waals surface area contributed by atoms with Crippen LogP contribution >= 0.6 is 0 Å². The van der Waals surface area contributed by atoms with Crippen molar-refractivity contribution < 1.29 is 20.4 Å². The molecule has 1 rings (SSSR count). The van der Waals surface area contributed by atoms with Gasteiger partial charge in [0, 0.05) is 0 Å². The highest BCUT2D eigenvalue weighted by atomic mass is 19.1. The van der Waals surface area contributed by atoms with Crippen molar-refractivity contribution in [2.75, 3.05) is 7.09 Å². The van der Waals surface area contributed by atoms with Gasteiger partial charge in [-0.3, -0.25) is 4.79 Å². The van der Waals surface area contributed by atoms with Gasteiger partial charge in [0.25, 0.3) is 0 Å². The van der Waals surface area contributed by atoms with Crippen molar-refractivity contribution in [1.29, 1.82) is 0 Å². The molecule has 0 spiro atoms. The van der Waals surface area contributed by atoms with E-state index in [2.05, 4.69) is 0 Å². The first-order valence-corrected chi connectivity index (χ1v) is 4.23. The number of methoxy groups -OCH3 is 1. The Hall–Kier alpha value is -1.62. The highest BCUT2D eigenvalue weighted by molar-refractivity contribution is 5.73. The number of ether oxygens (including phenoxy) is 1. The molecule has 4 nitrogen and oxygen atoms in total. The third-order valence-corrected chi connectivity index (χ3v) is 1.92. The second-order valence-electron chi connectivity index (χ2n) is 3.06. The molecule has 0 heterocycles. The van der Waals surface area contributed by atoms with E-state index in [1.807, 2.05) is 0 Å². The van der Waals surface area contributed by atoms with Crippen LogP contribution in [0.4, 0.5) is 4.39 Å². The minimum absolute atomic E-state index is 0.0647. The molecule has 0 radical (unpaired) electrons. The van der Waals surface area contributed by atoms with Crippen LogP contribution in [0.1, 0.15) is 6.93 Å². The number of benzene rings is 1. The Labute approximate surface area is 87.9 Å². The van der Waals surface area contributed by atoms with E-state index in [0.29, 0.717) is 5.56 Å². The predicted molar refractivity (Wildman–Crippen MR) is 52.3 cm³/mol. The van der Waals surface area contributed by atoms with E-state index < -0.39 is 24.9 Å². The van der Waals surface area contributed by atoms with E-state index >= 15 is 0 Å². The van der Waals surface area contributed by atoms with Crippen LogP contribution in [0.15, 0.2) is 18.2 Å². The number of carboxylic acid groups (broad SMARTS) is 1. The quantitative estimate of drug-likeness (QED) is 0.777. The molecule has 1 aromatic rings. The number of hydrogen-bond donors (Lipinski definition) is 2. The maximum absolute atomic E-state index is 13.1. The molecule has 15 heavy (non-hydrogen) atoms. The van der Waals surface area contributed by atoms with E-state index in [4.69, 9.17) is 16.9 Å². The van der Waals surface area contributed by atoms with Crippen molar-refractivity contribution in [3.8, 4) is 5.75 Å². The molecular weight excluding hydrogens is 201 g/mol. The lowest BCUT2D eigenvalue weighted by Gasteiger charge is -2.08. The summed E-state index contributed by atoms with van der Waals surface area (Å²) in [4.78, 5) is 10.5. The van der Waals surface area contributed by atoms with Crippen LogP contribution in [0.2, 0.25) is 0 Å². The van der Waals surface area contributed by atoms with Gasteiger partial charge in [-0.1, -0.05) is 6.07 Å². The lowest BCUT2D eigenvalue weighted by molar-refractivity contribution is -0.138. The summed E-state index contributed by atoms with van der Waals surface area (Å²) in [5, 5.41) is 8.61. The highest BCUT2D eigenvalue weighted by Crippen LogP contribution is 2.18. The van der Waals surface area contributed by atoms with E-state index in [9.17, 15) is 9.18 Å². The van der Waals surface area contributed by atoms with Gasteiger partial charge < -0.3 is 15.6 Å². The summed E-state index contributed by atoms with van der Waals surface area (Å²) in [7, 11) is -0.397. The second-order valence-corrected chi connectivity index (χ2v) is 3.06. The largest absolute Gasteiger partial charge is 0.494 e. The number of carbonyl (C=O) groups is 1. The summed E-state index contributed by atoms with van der Waals surface area (Å²) in [6.07, 6.45) is 0.0873. The lowest BCUT2D eigenvalue weighted by Crippen LogP contribution is -2.32. The Balaban J connectivity index is 2.82. The summed E-state index contributed by atoms with van der Waals surface area (Å²) in [6, 6.07) is 2.92. The molecule has 0 aromatic heterocycles. The van der Waals surface area contributed by atoms with Crippen LogP contribution in [-0.2, 0) is 11.2 Å². The summed E-state index contributed by atoms with van der Waals surface area (Å²) >= 11 is 0. The predicted octanol–water partition coefficient (Wildman–Crippen LogP) is 0.789. The van der Waals surface area contributed by atoms with Gasteiger partial charge in [0.1, 0.15) is 6.04 Å². The average molecular weight is 214 g/mol. The van der Waals surface area contributed by atoms with Crippen LogP contribution in [-0.4, -0.2) is 24.2 Å². The van der Waals surface area contributed by atoms with Gasteiger partial charge in [0.05, 0.1) is 8.46 Å². The van der Waals surface area contributed by atoms with E-state index in [-0.39, 0.29) is 12.2 Å². The Bertz CT molecular complexity index is 386. The molecule has 1 aromatic carbocycles.